The molecule has 1 aliphatic rings. The number of ether oxygens (including phenoxy) is 1. The van der Waals surface area contributed by atoms with E-state index in [1.165, 1.54) is 29.3 Å². The van der Waals surface area contributed by atoms with E-state index in [0.717, 1.165) is 0 Å². The van der Waals surface area contributed by atoms with Crippen LogP contribution in [0, 0.1) is 0 Å². The van der Waals surface area contributed by atoms with Gasteiger partial charge in [0.2, 0.25) is 5.91 Å². The fourth-order valence-electron chi connectivity index (χ4n) is 2.48. The van der Waals surface area contributed by atoms with E-state index in [9.17, 15) is 18.4 Å². The Morgan fingerprint density at radius 1 is 1.38 bits per heavy atom. The zero-order valence-corrected chi connectivity index (χ0v) is 12.5. The van der Waals surface area contributed by atoms with Gasteiger partial charge in [-0.2, -0.15) is 13.9 Å². The number of amides is 2. The van der Waals surface area contributed by atoms with Crippen molar-refractivity contribution >= 4 is 11.8 Å². The van der Waals surface area contributed by atoms with Gasteiger partial charge in [-0.25, -0.2) is 0 Å². The number of hydrogen-bond donors (Lipinski definition) is 2. The number of nitrogens with one attached hydrogen (secondary N) is 2. The monoisotopic (exact) mass is 336 g/mol. The van der Waals surface area contributed by atoms with E-state index >= 15 is 0 Å². The van der Waals surface area contributed by atoms with Crippen molar-refractivity contribution in [3.8, 4) is 17.0 Å². The zero-order valence-electron chi connectivity index (χ0n) is 12.5. The van der Waals surface area contributed by atoms with Gasteiger partial charge in [-0.15, -0.1) is 0 Å². The molecule has 0 atom stereocenters. The zero-order chi connectivity index (χ0) is 17.1. The minimum absolute atomic E-state index is 0.0205. The average Bonchev–Trinajstić information content (AvgIpc) is 3.03. The Balaban J connectivity index is 1.87. The van der Waals surface area contributed by atoms with Crippen LogP contribution in [0.1, 0.15) is 10.4 Å². The summed E-state index contributed by atoms with van der Waals surface area (Å²) in [4.78, 5) is 25.4. The standard InChI is InChI=1S/C15H14F2N4O3/c16-15(17)24-10-3-1-2-9(6-10)13-11(7-19-20-13)14(23)21-5-4-18-12(22)8-21/h1-3,6-7,15H,4-5,8H2,(H,18,22)(H,19,20). The summed E-state index contributed by atoms with van der Waals surface area (Å²) in [5.74, 6) is -0.603. The highest BCUT2D eigenvalue weighted by Gasteiger charge is 2.25. The number of rotatable bonds is 4. The van der Waals surface area contributed by atoms with E-state index in [1.54, 1.807) is 6.07 Å². The van der Waals surface area contributed by atoms with Crippen molar-refractivity contribution in [1.29, 1.82) is 0 Å². The molecule has 0 unspecified atom stereocenters. The van der Waals surface area contributed by atoms with Crippen molar-refractivity contribution in [3.63, 3.8) is 0 Å². The summed E-state index contributed by atoms with van der Waals surface area (Å²) in [5.41, 5.74) is 1.13. The molecule has 2 amide bonds. The molecule has 0 aliphatic carbocycles. The van der Waals surface area contributed by atoms with Crippen LogP contribution in [0.5, 0.6) is 5.75 Å². The van der Waals surface area contributed by atoms with Crippen LogP contribution in [0.3, 0.4) is 0 Å². The highest BCUT2D eigenvalue weighted by molar-refractivity contribution is 6.01. The van der Waals surface area contributed by atoms with E-state index in [4.69, 9.17) is 0 Å². The predicted octanol–water partition coefficient (Wildman–Crippen LogP) is 1.25. The molecule has 2 N–H and O–H groups in total. The average molecular weight is 336 g/mol. The Hall–Kier alpha value is -2.97. The van der Waals surface area contributed by atoms with Gasteiger partial charge in [0, 0.05) is 18.7 Å². The van der Waals surface area contributed by atoms with Crippen molar-refractivity contribution in [2.45, 2.75) is 6.61 Å². The number of hydrogen-bond acceptors (Lipinski definition) is 4. The quantitative estimate of drug-likeness (QED) is 0.880. The van der Waals surface area contributed by atoms with Gasteiger partial charge in [-0.05, 0) is 12.1 Å². The minimum atomic E-state index is -2.94. The lowest BCUT2D eigenvalue weighted by Gasteiger charge is -2.26. The van der Waals surface area contributed by atoms with Gasteiger partial charge in [0.05, 0.1) is 24.0 Å². The van der Waals surface area contributed by atoms with Crippen molar-refractivity contribution in [3.05, 3.63) is 36.0 Å². The van der Waals surface area contributed by atoms with Gasteiger partial charge in [0.1, 0.15) is 5.75 Å². The molecule has 126 valence electrons. The molecule has 24 heavy (non-hydrogen) atoms. The maximum absolute atomic E-state index is 12.6. The summed E-state index contributed by atoms with van der Waals surface area (Å²) in [5, 5.41) is 9.19. The van der Waals surface area contributed by atoms with Crippen LogP contribution in [0.2, 0.25) is 0 Å². The molecular formula is C15H14F2N4O3. The van der Waals surface area contributed by atoms with Crippen molar-refractivity contribution < 1.29 is 23.1 Å². The summed E-state index contributed by atoms with van der Waals surface area (Å²) >= 11 is 0. The number of halogens is 2. The molecule has 2 aromatic rings. The molecule has 1 aromatic carbocycles. The number of aromatic nitrogens is 2. The van der Waals surface area contributed by atoms with Crippen LogP contribution in [0.4, 0.5) is 8.78 Å². The van der Waals surface area contributed by atoms with Gasteiger partial charge in [0.15, 0.2) is 0 Å². The van der Waals surface area contributed by atoms with Crippen LogP contribution in [-0.4, -0.2) is 53.2 Å². The Morgan fingerprint density at radius 3 is 2.96 bits per heavy atom. The van der Waals surface area contributed by atoms with E-state index in [-0.39, 0.29) is 29.7 Å². The van der Waals surface area contributed by atoms with Crippen LogP contribution < -0.4 is 10.1 Å². The summed E-state index contributed by atoms with van der Waals surface area (Å²) in [7, 11) is 0. The van der Waals surface area contributed by atoms with E-state index in [2.05, 4.69) is 20.3 Å². The second kappa shape index (κ2) is 6.65. The summed E-state index contributed by atoms with van der Waals surface area (Å²) in [6.45, 7) is -2.19. The van der Waals surface area contributed by atoms with Gasteiger partial charge in [-0.3, -0.25) is 14.7 Å². The normalized spacial score (nSPS) is 14.6. The number of alkyl halides is 2. The topological polar surface area (TPSA) is 87.3 Å². The van der Waals surface area contributed by atoms with Crippen LogP contribution >= 0.6 is 0 Å². The van der Waals surface area contributed by atoms with Gasteiger partial charge in [0.25, 0.3) is 5.91 Å². The first-order valence-electron chi connectivity index (χ1n) is 7.19. The number of H-pyrrole nitrogens is 1. The lowest BCUT2D eigenvalue weighted by Crippen LogP contribution is -2.50. The van der Waals surface area contributed by atoms with E-state index in [1.807, 2.05) is 0 Å². The first kappa shape index (κ1) is 15.9. The number of carbonyl (C=O) groups excluding carboxylic acids is 2. The molecule has 0 bridgehead atoms. The second-order valence-electron chi connectivity index (χ2n) is 5.14. The fraction of sp³-hybridized carbons (Fsp3) is 0.267. The number of nitrogens with zero attached hydrogens (tertiary/aromatic N) is 2. The minimum Gasteiger partial charge on any atom is -0.435 e. The van der Waals surface area contributed by atoms with Crippen LogP contribution in [0.25, 0.3) is 11.3 Å². The molecule has 2 heterocycles. The molecule has 1 aliphatic heterocycles. The third-order valence-corrected chi connectivity index (χ3v) is 3.54. The second-order valence-corrected chi connectivity index (χ2v) is 5.14. The Kier molecular flexibility index (Phi) is 4.41. The predicted molar refractivity (Wildman–Crippen MR) is 79.6 cm³/mol. The van der Waals surface area contributed by atoms with Gasteiger partial charge < -0.3 is 15.0 Å². The molecule has 1 fully saturated rings. The lowest BCUT2D eigenvalue weighted by molar-refractivity contribution is -0.123. The fourth-order valence-corrected chi connectivity index (χ4v) is 2.48. The molecule has 1 saturated heterocycles. The number of benzene rings is 1. The first-order chi connectivity index (χ1) is 11.5. The molecular weight excluding hydrogens is 322 g/mol. The maximum Gasteiger partial charge on any atom is 0.387 e. The molecule has 0 spiro atoms. The first-order valence-corrected chi connectivity index (χ1v) is 7.19. The summed E-state index contributed by atoms with van der Waals surface area (Å²) in [6.07, 6.45) is 1.35. The van der Waals surface area contributed by atoms with Gasteiger partial charge >= 0.3 is 6.61 Å². The van der Waals surface area contributed by atoms with E-state index < -0.39 is 6.61 Å². The summed E-state index contributed by atoms with van der Waals surface area (Å²) < 4.78 is 29.0. The van der Waals surface area contributed by atoms with Crippen LogP contribution in [-0.2, 0) is 4.79 Å². The SMILES string of the molecule is O=C1CN(C(=O)c2cn[nH]c2-c2cccc(OC(F)F)c2)CCN1. The number of aromatic amines is 1. The smallest absolute Gasteiger partial charge is 0.387 e. The van der Waals surface area contributed by atoms with Crippen molar-refractivity contribution in [1.82, 2.24) is 20.4 Å². The van der Waals surface area contributed by atoms with Crippen LogP contribution in [0.15, 0.2) is 30.5 Å². The highest BCUT2D eigenvalue weighted by Crippen LogP contribution is 2.26. The van der Waals surface area contributed by atoms with Crippen molar-refractivity contribution in [2.24, 2.45) is 0 Å². The third kappa shape index (κ3) is 3.34. The highest BCUT2D eigenvalue weighted by atomic mass is 19.3. The molecule has 0 radical (unpaired) electrons. The largest absolute Gasteiger partial charge is 0.435 e. The maximum atomic E-state index is 12.6. The molecule has 3 rings (SSSR count). The van der Waals surface area contributed by atoms with E-state index in [0.29, 0.717) is 24.3 Å². The molecule has 9 heteroatoms. The van der Waals surface area contributed by atoms with Gasteiger partial charge in [-0.1, -0.05) is 12.1 Å². The number of carbonyl (C=O) groups is 2. The molecule has 1 aromatic heterocycles. The third-order valence-electron chi connectivity index (χ3n) is 3.54. The lowest BCUT2D eigenvalue weighted by atomic mass is 10.1. The number of piperazine rings is 1. The Labute approximate surface area is 135 Å². The Bertz CT molecular complexity index is 763. The molecule has 7 nitrogen and oxygen atoms in total. The summed E-state index contributed by atoms with van der Waals surface area (Å²) in [6, 6.07) is 5.96. The van der Waals surface area contributed by atoms with Crippen molar-refractivity contribution in [2.75, 3.05) is 19.6 Å². The molecule has 0 saturated carbocycles. The Morgan fingerprint density at radius 2 is 2.21 bits per heavy atom.